The van der Waals surface area contributed by atoms with Gasteiger partial charge in [0.2, 0.25) is 5.91 Å². The fourth-order valence-corrected chi connectivity index (χ4v) is 2.42. The lowest BCUT2D eigenvalue weighted by Crippen LogP contribution is -2.27. The number of aliphatic hydroxyl groups is 1. The second kappa shape index (κ2) is 6.21. The van der Waals surface area contributed by atoms with Crippen LogP contribution in [0.3, 0.4) is 0 Å². The van der Waals surface area contributed by atoms with Crippen molar-refractivity contribution in [2.24, 2.45) is 0 Å². The molecule has 0 spiro atoms. The van der Waals surface area contributed by atoms with Gasteiger partial charge in [0.15, 0.2) is 0 Å². The minimum atomic E-state index is -0.391. The molecule has 1 saturated heterocycles. The maximum atomic E-state index is 11.9. The summed E-state index contributed by atoms with van der Waals surface area (Å²) in [6.45, 7) is 1.03. The Hall–Kier alpha value is -1.33. The predicted molar refractivity (Wildman–Crippen MR) is 76.9 cm³/mol. The monoisotopic (exact) mass is 325 g/mol. The number of carbonyl (C=O) groups excluding carboxylic acids is 1. The molecule has 1 atom stereocenters. The van der Waals surface area contributed by atoms with Crippen molar-refractivity contribution in [2.75, 3.05) is 20.2 Å². The molecule has 1 aliphatic rings. The molecule has 0 aromatic heterocycles. The Kier molecular flexibility index (Phi) is 4.61. The van der Waals surface area contributed by atoms with Crippen LogP contribution in [-0.2, 0) is 4.79 Å². The maximum Gasteiger partial charge on any atom is 0.246 e. The highest BCUT2D eigenvalue weighted by Crippen LogP contribution is 2.24. The lowest BCUT2D eigenvalue weighted by atomic mass is 10.2. The van der Waals surface area contributed by atoms with Gasteiger partial charge in [0.05, 0.1) is 13.2 Å². The summed E-state index contributed by atoms with van der Waals surface area (Å²) in [7, 11) is 1.60. The van der Waals surface area contributed by atoms with E-state index >= 15 is 0 Å². The van der Waals surface area contributed by atoms with Crippen LogP contribution in [0.1, 0.15) is 12.0 Å². The summed E-state index contributed by atoms with van der Waals surface area (Å²) < 4.78 is 6.17. The molecule has 1 heterocycles. The number of halogens is 1. The number of carbonyl (C=O) groups is 1. The van der Waals surface area contributed by atoms with Crippen molar-refractivity contribution < 1.29 is 14.6 Å². The van der Waals surface area contributed by atoms with Crippen molar-refractivity contribution in [3.63, 3.8) is 0 Å². The molecule has 0 bridgehead atoms. The highest BCUT2D eigenvalue weighted by molar-refractivity contribution is 9.10. The number of amides is 1. The summed E-state index contributed by atoms with van der Waals surface area (Å²) in [6, 6.07) is 5.62. The first-order valence-corrected chi connectivity index (χ1v) is 6.88. The van der Waals surface area contributed by atoms with Crippen LogP contribution in [-0.4, -0.2) is 42.2 Å². The summed E-state index contributed by atoms with van der Waals surface area (Å²) in [5, 5.41) is 9.41. The molecular weight excluding hydrogens is 310 g/mol. The molecule has 5 heteroatoms. The van der Waals surface area contributed by atoms with Crippen LogP contribution in [0.2, 0.25) is 0 Å². The molecule has 0 radical (unpaired) electrons. The fraction of sp³-hybridized carbons (Fsp3) is 0.357. The zero-order valence-corrected chi connectivity index (χ0v) is 12.3. The second-order valence-electron chi connectivity index (χ2n) is 4.45. The normalized spacial score (nSPS) is 19.1. The highest BCUT2D eigenvalue weighted by Gasteiger charge is 2.22. The number of nitrogens with zero attached hydrogens (tertiary/aromatic N) is 1. The Bertz CT molecular complexity index is 501. The zero-order valence-electron chi connectivity index (χ0n) is 10.7. The van der Waals surface area contributed by atoms with E-state index in [-0.39, 0.29) is 5.91 Å². The number of aliphatic hydroxyl groups excluding tert-OH is 1. The van der Waals surface area contributed by atoms with Crippen LogP contribution in [0.5, 0.6) is 5.75 Å². The fourth-order valence-electron chi connectivity index (χ4n) is 2.04. The molecule has 2 rings (SSSR count). The van der Waals surface area contributed by atoms with Gasteiger partial charge in [-0.15, -0.1) is 0 Å². The molecule has 19 heavy (non-hydrogen) atoms. The van der Waals surface area contributed by atoms with Crippen LogP contribution in [0.4, 0.5) is 0 Å². The van der Waals surface area contributed by atoms with Crippen molar-refractivity contribution in [1.29, 1.82) is 0 Å². The number of ether oxygens (including phenoxy) is 1. The number of methoxy groups -OCH3 is 1. The third-order valence-corrected chi connectivity index (χ3v) is 3.57. The lowest BCUT2D eigenvalue weighted by Gasteiger charge is -2.12. The molecule has 0 saturated carbocycles. The average Bonchev–Trinajstić information content (AvgIpc) is 2.83. The quantitative estimate of drug-likeness (QED) is 0.865. The largest absolute Gasteiger partial charge is 0.496 e. The van der Waals surface area contributed by atoms with Crippen LogP contribution in [0.25, 0.3) is 6.08 Å². The maximum absolute atomic E-state index is 11.9. The van der Waals surface area contributed by atoms with Crippen molar-refractivity contribution in [1.82, 2.24) is 4.90 Å². The molecule has 1 aliphatic heterocycles. The number of β-amino-alcohol motifs (C(OH)–C–C–N with tert-alkyl or cyclic N) is 1. The van der Waals surface area contributed by atoms with E-state index in [9.17, 15) is 9.90 Å². The Morgan fingerprint density at radius 2 is 2.37 bits per heavy atom. The van der Waals surface area contributed by atoms with Gasteiger partial charge in [0, 0.05) is 29.2 Å². The first kappa shape index (κ1) is 14.1. The summed E-state index contributed by atoms with van der Waals surface area (Å²) in [4.78, 5) is 13.6. The molecule has 0 aliphatic carbocycles. The number of likely N-dealkylation sites (tertiary alicyclic amines) is 1. The molecule has 1 aromatic carbocycles. The van der Waals surface area contributed by atoms with Gasteiger partial charge < -0.3 is 14.7 Å². The zero-order chi connectivity index (χ0) is 13.8. The first-order chi connectivity index (χ1) is 9.10. The van der Waals surface area contributed by atoms with E-state index in [2.05, 4.69) is 15.9 Å². The third-order valence-electron chi connectivity index (χ3n) is 3.07. The van der Waals surface area contributed by atoms with Crippen molar-refractivity contribution in [3.8, 4) is 5.75 Å². The van der Waals surface area contributed by atoms with Gasteiger partial charge >= 0.3 is 0 Å². The van der Waals surface area contributed by atoms with E-state index in [1.807, 2.05) is 18.2 Å². The van der Waals surface area contributed by atoms with Crippen LogP contribution >= 0.6 is 15.9 Å². The standard InChI is InChI=1S/C14H16BrNO3/c1-19-13-4-3-11(15)8-10(13)2-5-14(18)16-7-6-12(17)9-16/h2-5,8,12,17H,6-7,9H2,1H3/t12-/m0/s1. The lowest BCUT2D eigenvalue weighted by molar-refractivity contribution is -0.125. The van der Waals surface area contributed by atoms with Crippen LogP contribution < -0.4 is 4.74 Å². The minimum Gasteiger partial charge on any atom is -0.496 e. The molecule has 0 unspecified atom stereocenters. The molecule has 102 valence electrons. The third kappa shape index (κ3) is 3.58. The molecule has 1 fully saturated rings. The number of rotatable bonds is 3. The number of benzene rings is 1. The number of hydrogen-bond acceptors (Lipinski definition) is 3. The van der Waals surface area contributed by atoms with Gasteiger partial charge in [-0.3, -0.25) is 4.79 Å². The molecule has 1 amide bonds. The molecule has 1 N–H and O–H groups in total. The van der Waals surface area contributed by atoms with E-state index in [0.29, 0.717) is 25.3 Å². The van der Waals surface area contributed by atoms with Crippen molar-refractivity contribution in [2.45, 2.75) is 12.5 Å². The Morgan fingerprint density at radius 3 is 3.00 bits per heavy atom. The Balaban J connectivity index is 2.09. The molecular formula is C14H16BrNO3. The highest BCUT2D eigenvalue weighted by atomic mass is 79.9. The summed E-state index contributed by atoms with van der Waals surface area (Å²) >= 11 is 3.39. The Morgan fingerprint density at radius 1 is 1.58 bits per heavy atom. The van der Waals surface area contributed by atoms with Gasteiger partial charge in [-0.05, 0) is 30.7 Å². The van der Waals surface area contributed by atoms with Crippen molar-refractivity contribution >= 4 is 27.9 Å². The Labute approximate surface area is 120 Å². The van der Waals surface area contributed by atoms with E-state index < -0.39 is 6.10 Å². The SMILES string of the molecule is COc1ccc(Br)cc1C=CC(=O)N1CC[C@H](O)C1. The summed E-state index contributed by atoms with van der Waals surface area (Å²) in [5.41, 5.74) is 0.838. The van der Waals surface area contributed by atoms with E-state index in [1.54, 1.807) is 18.1 Å². The molecule has 4 nitrogen and oxygen atoms in total. The first-order valence-electron chi connectivity index (χ1n) is 6.08. The van der Waals surface area contributed by atoms with Crippen LogP contribution in [0, 0.1) is 0 Å². The predicted octanol–water partition coefficient (Wildman–Crippen LogP) is 2.06. The van der Waals surface area contributed by atoms with Crippen molar-refractivity contribution in [3.05, 3.63) is 34.3 Å². The van der Waals surface area contributed by atoms with Crippen LogP contribution in [0.15, 0.2) is 28.7 Å². The smallest absolute Gasteiger partial charge is 0.246 e. The van der Waals surface area contributed by atoms with Gasteiger partial charge in [-0.2, -0.15) is 0 Å². The second-order valence-corrected chi connectivity index (χ2v) is 5.36. The minimum absolute atomic E-state index is 0.0846. The topological polar surface area (TPSA) is 49.8 Å². The van der Waals surface area contributed by atoms with E-state index in [1.165, 1.54) is 6.08 Å². The van der Waals surface area contributed by atoms with E-state index in [4.69, 9.17) is 4.74 Å². The van der Waals surface area contributed by atoms with Gasteiger partial charge in [0.1, 0.15) is 5.75 Å². The van der Waals surface area contributed by atoms with Gasteiger partial charge in [-0.25, -0.2) is 0 Å². The molecule has 1 aromatic rings. The summed E-state index contributed by atoms with van der Waals surface area (Å²) in [5.74, 6) is 0.632. The van der Waals surface area contributed by atoms with Gasteiger partial charge in [-0.1, -0.05) is 15.9 Å². The van der Waals surface area contributed by atoms with E-state index in [0.717, 1.165) is 10.0 Å². The average molecular weight is 326 g/mol. The van der Waals surface area contributed by atoms with Gasteiger partial charge in [0.25, 0.3) is 0 Å². The summed E-state index contributed by atoms with van der Waals surface area (Å²) in [6.07, 6.45) is 3.51. The number of hydrogen-bond donors (Lipinski definition) is 1.